The zero-order chi connectivity index (χ0) is 12.3. The van der Waals surface area contributed by atoms with Crippen molar-refractivity contribution in [2.45, 2.75) is 6.92 Å². The Kier molecular flexibility index (Phi) is 3.05. The lowest BCUT2D eigenvalue weighted by Gasteiger charge is -2.05. The number of carbonyl (C=O) groups excluding carboxylic acids is 1. The first kappa shape index (κ1) is 11.1. The second-order valence-corrected chi connectivity index (χ2v) is 3.56. The molecule has 0 bridgehead atoms. The van der Waals surface area contributed by atoms with Crippen LogP contribution >= 0.6 is 0 Å². The average molecular weight is 229 g/mol. The van der Waals surface area contributed by atoms with Gasteiger partial charge in [-0.1, -0.05) is 18.2 Å². The van der Waals surface area contributed by atoms with Crippen LogP contribution in [0.25, 0.3) is 0 Å². The highest BCUT2D eigenvalue weighted by molar-refractivity contribution is 5.92. The van der Waals surface area contributed by atoms with Crippen LogP contribution in [0.15, 0.2) is 42.6 Å². The number of ether oxygens (including phenoxy) is 1. The Balaban J connectivity index is 2.20. The molecule has 86 valence electrons. The normalized spacial score (nSPS) is 9.94. The van der Waals surface area contributed by atoms with E-state index >= 15 is 0 Å². The molecule has 17 heavy (non-hydrogen) atoms. The lowest BCUT2D eigenvalue weighted by molar-refractivity contribution is 0.0726. The van der Waals surface area contributed by atoms with Gasteiger partial charge in [-0.3, -0.25) is 0 Å². The Morgan fingerprint density at radius 1 is 1.29 bits per heavy atom. The van der Waals surface area contributed by atoms with Crippen molar-refractivity contribution >= 4 is 5.97 Å². The molecule has 1 aromatic heterocycles. The molecular weight excluding hydrogens is 218 g/mol. The number of hydrogen-bond donors (Lipinski definition) is 1. The van der Waals surface area contributed by atoms with Gasteiger partial charge in [-0.25, -0.2) is 9.78 Å². The molecule has 4 heteroatoms. The molecule has 1 heterocycles. The monoisotopic (exact) mass is 229 g/mol. The fourth-order valence-corrected chi connectivity index (χ4v) is 1.41. The first-order chi connectivity index (χ1) is 8.16. The molecule has 0 amide bonds. The summed E-state index contributed by atoms with van der Waals surface area (Å²) in [5.41, 5.74) is 1.32. The van der Waals surface area contributed by atoms with E-state index in [9.17, 15) is 9.90 Å². The summed E-state index contributed by atoms with van der Waals surface area (Å²) in [6.07, 6.45) is 1.37. The molecule has 0 aliphatic carbocycles. The topological polar surface area (TPSA) is 59.4 Å². The van der Waals surface area contributed by atoms with Crippen molar-refractivity contribution in [3.05, 3.63) is 53.7 Å². The largest absolute Gasteiger partial charge is 0.508 e. The van der Waals surface area contributed by atoms with Gasteiger partial charge >= 0.3 is 5.97 Å². The standard InChI is InChI=1S/C13H11NO3/c1-9-4-2-3-5-11(9)13(16)17-12-8-10(15)6-7-14-12/h2-8H,1H3,(H,14,15). The highest BCUT2D eigenvalue weighted by Crippen LogP contribution is 2.16. The second kappa shape index (κ2) is 4.65. The molecule has 0 spiro atoms. The molecule has 1 aromatic carbocycles. The van der Waals surface area contributed by atoms with Crippen LogP contribution in [-0.4, -0.2) is 16.1 Å². The summed E-state index contributed by atoms with van der Waals surface area (Å²) >= 11 is 0. The van der Waals surface area contributed by atoms with E-state index in [0.29, 0.717) is 5.56 Å². The van der Waals surface area contributed by atoms with Gasteiger partial charge in [-0.05, 0) is 24.6 Å². The predicted octanol–water partition coefficient (Wildman–Crippen LogP) is 2.31. The fourth-order valence-electron chi connectivity index (χ4n) is 1.41. The number of rotatable bonds is 2. The number of esters is 1. The molecule has 0 saturated carbocycles. The third-order valence-electron chi connectivity index (χ3n) is 2.28. The third-order valence-corrected chi connectivity index (χ3v) is 2.28. The Morgan fingerprint density at radius 3 is 2.76 bits per heavy atom. The van der Waals surface area contributed by atoms with Crippen molar-refractivity contribution in [2.24, 2.45) is 0 Å². The number of aromatic hydroxyl groups is 1. The Labute approximate surface area is 98.5 Å². The average Bonchev–Trinajstić information content (AvgIpc) is 2.29. The summed E-state index contributed by atoms with van der Waals surface area (Å²) in [4.78, 5) is 15.6. The summed E-state index contributed by atoms with van der Waals surface area (Å²) in [7, 11) is 0. The third kappa shape index (κ3) is 2.60. The van der Waals surface area contributed by atoms with E-state index in [2.05, 4.69) is 4.98 Å². The highest BCUT2D eigenvalue weighted by Gasteiger charge is 2.11. The van der Waals surface area contributed by atoms with Crippen LogP contribution in [0.5, 0.6) is 11.6 Å². The summed E-state index contributed by atoms with van der Waals surface area (Å²) in [5.74, 6) is -0.396. The number of benzene rings is 1. The van der Waals surface area contributed by atoms with Crippen molar-refractivity contribution in [1.82, 2.24) is 4.98 Å². The Morgan fingerprint density at radius 2 is 2.06 bits per heavy atom. The van der Waals surface area contributed by atoms with Crippen LogP contribution in [-0.2, 0) is 0 Å². The Bertz CT molecular complexity index is 552. The van der Waals surface area contributed by atoms with Crippen LogP contribution < -0.4 is 4.74 Å². The maximum Gasteiger partial charge on any atom is 0.345 e. The van der Waals surface area contributed by atoms with E-state index < -0.39 is 5.97 Å². The minimum atomic E-state index is -0.485. The van der Waals surface area contributed by atoms with Gasteiger partial charge in [0.1, 0.15) is 5.75 Å². The van der Waals surface area contributed by atoms with Crippen LogP contribution in [0.4, 0.5) is 0 Å². The number of aromatic nitrogens is 1. The molecule has 2 rings (SSSR count). The van der Waals surface area contributed by atoms with Crippen LogP contribution in [0, 0.1) is 6.92 Å². The van der Waals surface area contributed by atoms with Crippen molar-refractivity contribution in [1.29, 1.82) is 0 Å². The van der Waals surface area contributed by atoms with E-state index in [-0.39, 0.29) is 11.6 Å². The summed E-state index contributed by atoms with van der Waals surface area (Å²) in [6.45, 7) is 1.83. The molecule has 0 unspecified atom stereocenters. The Hall–Kier alpha value is -2.36. The number of aryl methyl sites for hydroxylation is 1. The zero-order valence-electron chi connectivity index (χ0n) is 9.25. The number of pyridine rings is 1. The molecule has 2 aromatic rings. The molecular formula is C13H11NO3. The van der Waals surface area contributed by atoms with Crippen LogP contribution in [0.1, 0.15) is 15.9 Å². The summed E-state index contributed by atoms with van der Waals surface area (Å²) in [6, 6.07) is 9.81. The minimum Gasteiger partial charge on any atom is -0.508 e. The van der Waals surface area contributed by atoms with Gasteiger partial charge in [0.25, 0.3) is 0 Å². The maximum atomic E-state index is 11.8. The first-order valence-electron chi connectivity index (χ1n) is 5.09. The molecule has 0 saturated heterocycles. The van der Waals surface area contributed by atoms with Gasteiger partial charge in [0, 0.05) is 12.3 Å². The smallest absolute Gasteiger partial charge is 0.345 e. The SMILES string of the molecule is Cc1ccccc1C(=O)Oc1cc(O)ccn1. The van der Waals surface area contributed by atoms with Crippen LogP contribution in [0.3, 0.4) is 0 Å². The van der Waals surface area contributed by atoms with Crippen molar-refractivity contribution < 1.29 is 14.6 Å². The van der Waals surface area contributed by atoms with Gasteiger partial charge in [0.15, 0.2) is 0 Å². The maximum absolute atomic E-state index is 11.8. The van der Waals surface area contributed by atoms with Gasteiger partial charge in [-0.2, -0.15) is 0 Å². The van der Waals surface area contributed by atoms with Gasteiger partial charge in [0.05, 0.1) is 5.56 Å². The highest BCUT2D eigenvalue weighted by atomic mass is 16.5. The van der Waals surface area contributed by atoms with Gasteiger partial charge in [-0.15, -0.1) is 0 Å². The van der Waals surface area contributed by atoms with Crippen molar-refractivity contribution in [3.63, 3.8) is 0 Å². The van der Waals surface area contributed by atoms with Gasteiger partial charge in [0.2, 0.25) is 5.88 Å². The summed E-state index contributed by atoms with van der Waals surface area (Å²) in [5, 5.41) is 9.22. The quantitative estimate of drug-likeness (QED) is 0.803. The number of hydrogen-bond acceptors (Lipinski definition) is 4. The molecule has 0 aliphatic heterocycles. The minimum absolute atomic E-state index is 0.00702. The molecule has 0 atom stereocenters. The predicted molar refractivity (Wildman–Crippen MR) is 62.0 cm³/mol. The van der Waals surface area contributed by atoms with Crippen molar-refractivity contribution in [3.8, 4) is 11.6 Å². The molecule has 1 N–H and O–H groups in total. The lowest BCUT2D eigenvalue weighted by atomic mass is 10.1. The van der Waals surface area contributed by atoms with Gasteiger partial charge < -0.3 is 9.84 Å². The van der Waals surface area contributed by atoms with E-state index in [4.69, 9.17) is 4.74 Å². The molecule has 0 aliphatic rings. The first-order valence-corrected chi connectivity index (χ1v) is 5.09. The molecule has 4 nitrogen and oxygen atoms in total. The molecule has 0 fully saturated rings. The number of nitrogens with zero attached hydrogens (tertiary/aromatic N) is 1. The van der Waals surface area contributed by atoms with E-state index in [1.165, 1.54) is 18.3 Å². The molecule has 0 radical (unpaired) electrons. The van der Waals surface area contributed by atoms with E-state index in [1.54, 1.807) is 12.1 Å². The van der Waals surface area contributed by atoms with Crippen molar-refractivity contribution in [2.75, 3.05) is 0 Å². The second-order valence-electron chi connectivity index (χ2n) is 3.56. The van der Waals surface area contributed by atoms with E-state index in [1.807, 2.05) is 19.1 Å². The summed E-state index contributed by atoms with van der Waals surface area (Å²) < 4.78 is 5.05. The number of carbonyl (C=O) groups is 1. The zero-order valence-corrected chi connectivity index (χ0v) is 9.25. The lowest BCUT2D eigenvalue weighted by Crippen LogP contribution is -2.10. The van der Waals surface area contributed by atoms with E-state index in [0.717, 1.165) is 5.56 Å². The van der Waals surface area contributed by atoms with Crippen LogP contribution in [0.2, 0.25) is 0 Å². The fraction of sp³-hybridized carbons (Fsp3) is 0.0769.